The van der Waals surface area contributed by atoms with Crippen LogP contribution in [0.25, 0.3) is 16.3 Å². The molecule has 2 aromatic heterocycles. The van der Waals surface area contributed by atoms with Crippen LogP contribution in [0.4, 0.5) is 5.69 Å². The van der Waals surface area contributed by atoms with Crippen LogP contribution in [0.2, 0.25) is 0 Å². The van der Waals surface area contributed by atoms with E-state index in [1.807, 2.05) is 42.7 Å². The van der Waals surface area contributed by atoms with Crippen molar-refractivity contribution < 1.29 is 14.3 Å². The minimum Gasteiger partial charge on any atom is -0.464 e. The smallest absolute Gasteiger partial charge is 0.356 e. The molecule has 0 atom stereocenters. The fourth-order valence-electron chi connectivity index (χ4n) is 3.15. The summed E-state index contributed by atoms with van der Waals surface area (Å²) < 4.78 is 6.95. The van der Waals surface area contributed by atoms with Gasteiger partial charge in [-0.2, -0.15) is 0 Å². The summed E-state index contributed by atoms with van der Waals surface area (Å²) in [5.74, 6) is -0.695. The molecule has 3 rings (SSSR count). The summed E-state index contributed by atoms with van der Waals surface area (Å²) in [4.78, 5) is 26.5. The van der Waals surface area contributed by atoms with E-state index in [2.05, 4.69) is 11.9 Å². The Labute approximate surface area is 162 Å². The first-order valence-electron chi connectivity index (χ1n) is 8.56. The van der Waals surface area contributed by atoms with Crippen molar-refractivity contribution in [2.24, 2.45) is 0 Å². The molecule has 140 valence electrons. The molecule has 0 aliphatic heterocycles. The Bertz CT molecular complexity index is 1040. The molecule has 1 N–H and O–H groups in total. The number of hydrogen-bond acceptors (Lipinski definition) is 4. The van der Waals surface area contributed by atoms with E-state index in [1.54, 1.807) is 17.4 Å². The highest BCUT2D eigenvalue weighted by molar-refractivity contribution is 7.19. The van der Waals surface area contributed by atoms with E-state index in [0.29, 0.717) is 17.9 Å². The lowest BCUT2D eigenvalue weighted by Crippen LogP contribution is -2.16. The van der Waals surface area contributed by atoms with Crippen LogP contribution in [0.1, 0.15) is 39.0 Å². The lowest BCUT2D eigenvalue weighted by molar-refractivity contribution is -0.114. The predicted octanol–water partition coefficient (Wildman–Crippen LogP) is 4.76. The first-order valence-corrected chi connectivity index (χ1v) is 9.38. The zero-order valence-corrected chi connectivity index (χ0v) is 16.7. The lowest BCUT2D eigenvalue weighted by Gasteiger charge is -2.11. The number of hydrogen-bond donors (Lipinski definition) is 1. The number of carbonyl (C=O) groups excluding carboxylic acids is 2. The summed E-state index contributed by atoms with van der Waals surface area (Å²) in [6, 6.07) is 7.99. The van der Waals surface area contributed by atoms with Gasteiger partial charge in [-0.15, -0.1) is 11.3 Å². The van der Waals surface area contributed by atoms with E-state index in [1.165, 1.54) is 14.0 Å². The number of methoxy groups -OCH3 is 1. The van der Waals surface area contributed by atoms with Crippen LogP contribution in [-0.2, 0) is 16.1 Å². The maximum Gasteiger partial charge on any atom is 0.356 e. The van der Waals surface area contributed by atoms with E-state index >= 15 is 0 Å². The molecule has 0 bridgehead atoms. The number of carbonyl (C=O) groups is 2. The third kappa shape index (κ3) is 3.40. The molecule has 2 heterocycles. The third-order valence-electron chi connectivity index (χ3n) is 4.60. The van der Waals surface area contributed by atoms with Gasteiger partial charge in [-0.05, 0) is 30.5 Å². The lowest BCUT2D eigenvalue weighted by atomic mass is 10.1. The monoisotopic (exact) mass is 382 g/mol. The average Bonchev–Trinajstić information content (AvgIpc) is 3.09. The highest BCUT2D eigenvalue weighted by atomic mass is 32.1. The number of anilines is 1. The Morgan fingerprint density at radius 1 is 1.26 bits per heavy atom. The summed E-state index contributed by atoms with van der Waals surface area (Å²) in [6.45, 7) is 9.75. The van der Waals surface area contributed by atoms with Crippen molar-refractivity contribution in [3.05, 3.63) is 58.1 Å². The first kappa shape index (κ1) is 18.9. The fourth-order valence-corrected chi connectivity index (χ4v) is 4.32. The molecular formula is C21H22N2O3S. The predicted molar refractivity (Wildman–Crippen MR) is 111 cm³/mol. The summed E-state index contributed by atoms with van der Waals surface area (Å²) in [5, 5.41) is 3.74. The molecular weight excluding hydrogens is 360 g/mol. The van der Waals surface area contributed by atoms with Gasteiger partial charge in [-0.1, -0.05) is 36.9 Å². The number of thiophene rings is 1. The SMILES string of the molecule is C=Cc1ccc(Cn2c(C(=O)OC)c(NC(C)=O)c3c(C)c(C)sc32)cc1. The van der Waals surface area contributed by atoms with Crippen molar-refractivity contribution in [1.29, 1.82) is 0 Å². The van der Waals surface area contributed by atoms with Crippen LogP contribution in [0.5, 0.6) is 0 Å². The van der Waals surface area contributed by atoms with Crippen LogP contribution in [-0.4, -0.2) is 23.6 Å². The second-order valence-electron chi connectivity index (χ2n) is 6.39. The molecule has 0 aliphatic carbocycles. The molecule has 0 radical (unpaired) electrons. The van der Waals surface area contributed by atoms with Gasteiger partial charge in [0, 0.05) is 23.7 Å². The third-order valence-corrected chi connectivity index (χ3v) is 5.83. The zero-order valence-electron chi connectivity index (χ0n) is 15.9. The van der Waals surface area contributed by atoms with Crippen LogP contribution in [0.3, 0.4) is 0 Å². The minimum absolute atomic E-state index is 0.224. The van der Waals surface area contributed by atoms with Gasteiger partial charge >= 0.3 is 5.97 Å². The summed E-state index contributed by atoms with van der Waals surface area (Å²) in [5.41, 5.74) is 4.02. The largest absolute Gasteiger partial charge is 0.464 e. The van der Waals surface area contributed by atoms with Crippen molar-refractivity contribution in [3.63, 3.8) is 0 Å². The molecule has 0 fully saturated rings. The molecule has 0 saturated carbocycles. The van der Waals surface area contributed by atoms with Gasteiger partial charge in [0.2, 0.25) is 5.91 Å². The normalized spacial score (nSPS) is 10.8. The summed E-state index contributed by atoms with van der Waals surface area (Å²) >= 11 is 1.61. The number of aryl methyl sites for hydroxylation is 2. The molecule has 3 aromatic rings. The van der Waals surface area contributed by atoms with Crippen LogP contribution in [0.15, 0.2) is 30.8 Å². The fraction of sp³-hybridized carbons (Fsp3) is 0.238. The Kier molecular flexibility index (Phi) is 5.19. The van der Waals surface area contributed by atoms with E-state index in [0.717, 1.165) is 31.8 Å². The zero-order chi connectivity index (χ0) is 19.7. The molecule has 0 unspecified atom stereocenters. The second-order valence-corrected chi connectivity index (χ2v) is 7.59. The number of fused-ring (bicyclic) bond motifs is 1. The van der Waals surface area contributed by atoms with Gasteiger partial charge in [0.25, 0.3) is 0 Å². The Morgan fingerprint density at radius 2 is 1.93 bits per heavy atom. The first-order chi connectivity index (χ1) is 12.9. The maximum absolute atomic E-state index is 12.6. The number of nitrogens with zero attached hydrogens (tertiary/aromatic N) is 1. The molecule has 1 amide bonds. The molecule has 0 aliphatic rings. The quantitative estimate of drug-likeness (QED) is 0.648. The van der Waals surface area contributed by atoms with Crippen molar-refractivity contribution in [1.82, 2.24) is 4.57 Å². The summed E-state index contributed by atoms with van der Waals surface area (Å²) in [7, 11) is 1.35. The van der Waals surface area contributed by atoms with E-state index in [4.69, 9.17) is 4.74 Å². The molecule has 1 aromatic carbocycles. The standard InChI is InChI=1S/C21H22N2O3S/c1-6-15-7-9-16(10-8-15)11-23-19(21(25)26-5)18(22-14(4)24)17-12(2)13(3)27-20(17)23/h6-10H,1,11H2,2-5H3,(H,22,24). The van der Waals surface area contributed by atoms with Gasteiger partial charge in [0.15, 0.2) is 5.69 Å². The molecule has 27 heavy (non-hydrogen) atoms. The van der Waals surface area contributed by atoms with Crippen molar-refractivity contribution >= 4 is 45.2 Å². The van der Waals surface area contributed by atoms with E-state index in [9.17, 15) is 9.59 Å². The maximum atomic E-state index is 12.6. The topological polar surface area (TPSA) is 60.3 Å². The van der Waals surface area contributed by atoms with Gasteiger partial charge < -0.3 is 14.6 Å². The number of amides is 1. The number of benzene rings is 1. The summed E-state index contributed by atoms with van der Waals surface area (Å²) in [6.07, 6.45) is 1.79. The average molecular weight is 382 g/mol. The number of nitrogens with one attached hydrogen (secondary N) is 1. The van der Waals surface area contributed by atoms with Gasteiger partial charge in [-0.25, -0.2) is 4.79 Å². The molecule has 5 nitrogen and oxygen atoms in total. The second kappa shape index (κ2) is 7.40. The molecule has 0 saturated heterocycles. The van der Waals surface area contributed by atoms with Crippen LogP contribution < -0.4 is 5.32 Å². The molecule has 6 heteroatoms. The van der Waals surface area contributed by atoms with E-state index < -0.39 is 5.97 Å². The van der Waals surface area contributed by atoms with Gasteiger partial charge in [-0.3, -0.25) is 4.79 Å². The van der Waals surface area contributed by atoms with Crippen molar-refractivity contribution in [2.75, 3.05) is 12.4 Å². The van der Waals surface area contributed by atoms with Crippen molar-refractivity contribution in [2.45, 2.75) is 27.3 Å². The number of rotatable bonds is 5. The number of ether oxygens (including phenoxy) is 1. The number of aromatic nitrogens is 1. The Balaban J connectivity index is 2.24. The minimum atomic E-state index is -0.470. The van der Waals surface area contributed by atoms with Crippen LogP contribution >= 0.6 is 11.3 Å². The number of esters is 1. The highest BCUT2D eigenvalue weighted by Gasteiger charge is 2.27. The van der Waals surface area contributed by atoms with Gasteiger partial charge in [0.05, 0.1) is 12.8 Å². The molecule has 0 spiro atoms. The van der Waals surface area contributed by atoms with Crippen molar-refractivity contribution in [3.8, 4) is 0 Å². The van der Waals surface area contributed by atoms with E-state index in [-0.39, 0.29) is 5.91 Å². The van der Waals surface area contributed by atoms with Gasteiger partial charge in [0.1, 0.15) is 4.83 Å². The highest BCUT2D eigenvalue weighted by Crippen LogP contribution is 2.41. The Morgan fingerprint density at radius 3 is 2.48 bits per heavy atom. The Hall–Kier alpha value is -2.86. The van der Waals surface area contributed by atoms with Crippen LogP contribution in [0, 0.1) is 13.8 Å².